The summed E-state index contributed by atoms with van der Waals surface area (Å²) >= 11 is 0. The van der Waals surface area contributed by atoms with Crippen molar-refractivity contribution in [3.8, 4) is 0 Å². The lowest BCUT2D eigenvalue weighted by Crippen LogP contribution is -2.61. The third kappa shape index (κ3) is 3.38. The summed E-state index contributed by atoms with van der Waals surface area (Å²) in [5, 5.41) is 0. The summed E-state index contributed by atoms with van der Waals surface area (Å²) in [6, 6.07) is 35.6. The molecule has 2 aliphatic heterocycles. The van der Waals surface area contributed by atoms with Crippen molar-refractivity contribution in [3.05, 3.63) is 114 Å². The number of benzene rings is 4. The first kappa shape index (κ1) is 23.7. The molecule has 8 rings (SSSR count). The number of rotatable bonds is 2. The van der Waals surface area contributed by atoms with Gasteiger partial charge in [0.05, 0.1) is 11.3 Å². The zero-order valence-corrected chi connectivity index (χ0v) is 23.4. The molecule has 196 valence electrons. The molecule has 40 heavy (non-hydrogen) atoms. The second-order valence-electron chi connectivity index (χ2n) is 12.4. The maximum absolute atomic E-state index is 6.96. The van der Waals surface area contributed by atoms with Crippen molar-refractivity contribution in [3.63, 3.8) is 0 Å². The minimum absolute atomic E-state index is 0.0151. The van der Waals surface area contributed by atoms with E-state index in [-0.39, 0.29) is 12.1 Å². The minimum Gasteiger partial charge on any atom is -0.473 e. The predicted octanol–water partition coefficient (Wildman–Crippen LogP) is 7.54. The van der Waals surface area contributed by atoms with Crippen molar-refractivity contribution in [2.45, 2.75) is 51.9 Å². The average Bonchev–Trinajstić information content (AvgIpc) is 3.36. The van der Waals surface area contributed by atoms with Crippen LogP contribution in [0.4, 0.5) is 34.1 Å². The number of anilines is 6. The van der Waals surface area contributed by atoms with E-state index in [1.807, 2.05) is 0 Å². The molecule has 0 unspecified atom stereocenters. The number of furan rings is 1. The van der Waals surface area contributed by atoms with Crippen LogP contribution < -0.4 is 26.4 Å². The van der Waals surface area contributed by atoms with Crippen molar-refractivity contribution < 1.29 is 4.42 Å². The lowest BCUT2D eigenvalue weighted by Gasteiger charge is -2.43. The Balaban J connectivity index is 1.52. The van der Waals surface area contributed by atoms with Gasteiger partial charge in [0, 0.05) is 40.4 Å². The Morgan fingerprint density at radius 1 is 0.675 bits per heavy atom. The van der Waals surface area contributed by atoms with E-state index < -0.39 is 0 Å². The summed E-state index contributed by atoms with van der Waals surface area (Å²) < 4.78 is 6.96. The van der Waals surface area contributed by atoms with E-state index in [1.165, 1.54) is 74.8 Å². The fourth-order valence-corrected chi connectivity index (χ4v) is 7.05. The van der Waals surface area contributed by atoms with Crippen LogP contribution in [0.2, 0.25) is 0 Å². The second kappa shape index (κ2) is 8.66. The average molecular weight is 520 g/mol. The van der Waals surface area contributed by atoms with Gasteiger partial charge < -0.3 is 14.2 Å². The largest absolute Gasteiger partial charge is 0.473 e. The summed E-state index contributed by atoms with van der Waals surface area (Å²) in [6.45, 7) is 7.02. The van der Waals surface area contributed by atoms with E-state index in [0.29, 0.717) is 0 Å². The molecule has 0 saturated heterocycles. The number of hydrogen-bond donors (Lipinski definition) is 0. The van der Waals surface area contributed by atoms with Crippen molar-refractivity contribution in [2.24, 2.45) is 0 Å². The van der Waals surface area contributed by atoms with Gasteiger partial charge in [-0.25, -0.2) is 0 Å². The van der Waals surface area contributed by atoms with E-state index >= 15 is 0 Å². The molecular weight excluding hydrogens is 487 g/mol. The monoisotopic (exact) mass is 520 g/mol. The van der Waals surface area contributed by atoms with Crippen LogP contribution in [0, 0.1) is 0 Å². The Morgan fingerprint density at radius 2 is 1.27 bits per heavy atom. The number of hydrogen-bond acceptors (Lipinski definition) is 3. The van der Waals surface area contributed by atoms with Gasteiger partial charge in [-0.3, -0.25) is 0 Å². The summed E-state index contributed by atoms with van der Waals surface area (Å²) in [4.78, 5) is 4.99. The third-order valence-electron chi connectivity index (χ3n) is 8.95. The van der Waals surface area contributed by atoms with Crippen LogP contribution in [0.25, 0.3) is 0 Å². The van der Waals surface area contributed by atoms with Crippen molar-refractivity contribution in [1.82, 2.24) is 0 Å². The molecule has 0 radical (unpaired) electrons. The first-order valence-electron chi connectivity index (χ1n) is 14.6. The lowest BCUT2D eigenvalue weighted by molar-refractivity contribution is 0.497. The molecule has 0 bridgehead atoms. The smallest absolute Gasteiger partial charge is 0.297 e. The van der Waals surface area contributed by atoms with Gasteiger partial charge in [0.15, 0.2) is 0 Å². The molecule has 3 aliphatic rings. The van der Waals surface area contributed by atoms with Gasteiger partial charge in [0.25, 0.3) is 6.71 Å². The highest BCUT2D eigenvalue weighted by atomic mass is 16.3. The molecule has 5 aromatic rings. The van der Waals surface area contributed by atoms with E-state index in [0.717, 1.165) is 18.5 Å². The van der Waals surface area contributed by atoms with E-state index in [4.69, 9.17) is 4.42 Å². The quantitative estimate of drug-likeness (QED) is 0.220. The van der Waals surface area contributed by atoms with Crippen molar-refractivity contribution in [2.75, 3.05) is 9.80 Å². The van der Waals surface area contributed by atoms with Gasteiger partial charge in [0.1, 0.15) is 5.76 Å². The Hall–Kier alpha value is -4.18. The Morgan fingerprint density at radius 3 is 1.98 bits per heavy atom. The van der Waals surface area contributed by atoms with Gasteiger partial charge in [-0.1, -0.05) is 75.4 Å². The van der Waals surface area contributed by atoms with Gasteiger partial charge in [0.2, 0.25) is 0 Å². The first-order valence-corrected chi connectivity index (χ1v) is 14.6. The fourth-order valence-electron chi connectivity index (χ4n) is 7.05. The topological polar surface area (TPSA) is 19.6 Å². The summed E-state index contributed by atoms with van der Waals surface area (Å²) in [5.74, 6) is 1.19. The van der Waals surface area contributed by atoms with Crippen LogP contribution in [-0.4, -0.2) is 6.71 Å². The SMILES string of the molecule is CC(C)(C)c1cc2c3c(c1)N(c1ccccc1)c1c(oc4c1CCCC4)B3c1ccccc1N2c1ccccc1. The normalized spacial score (nSPS) is 15.3. The molecule has 0 amide bonds. The molecule has 0 fully saturated rings. The summed E-state index contributed by atoms with van der Waals surface area (Å²) in [6.07, 6.45) is 4.50. The van der Waals surface area contributed by atoms with E-state index in [1.54, 1.807) is 0 Å². The highest BCUT2D eigenvalue weighted by Gasteiger charge is 2.47. The maximum atomic E-state index is 6.96. The molecule has 3 heterocycles. The Bertz CT molecular complexity index is 1750. The highest BCUT2D eigenvalue weighted by Crippen LogP contribution is 2.48. The molecule has 0 atom stereocenters. The molecule has 3 nitrogen and oxygen atoms in total. The van der Waals surface area contributed by atoms with Crippen molar-refractivity contribution >= 4 is 57.4 Å². The zero-order valence-electron chi connectivity index (χ0n) is 23.4. The standard InChI is InChI=1S/C36H33BN2O/c1-36(2,3)24-22-30-33-31(23-24)39(26-16-8-5-9-17-26)34-27-18-10-13-21-32(27)40-35(34)37(33)28-19-11-12-20-29(28)38(30)25-14-6-4-7-15-25/h4-9,11-12,14-17,19-20,22-23H,10,13,18,21H2,1-3H3. The molecular formula is C36H33BN2O. The Kier molecular flexibility index (Phi) is 5.13. The Labute approximate surface area is 237 Å². The minimum atomic E-state index is -0.0151. The molecule has 1 aromatic heterocycles. The molecule has 0 spiro atoms. The van der Waals surface area contributed by atoms with Crippen LogP contribution >= 0.6 is 0 Å². The van der Waals surface area contributed by atoms with Crippen LogP contribution in [0.15, 0.2) is 101 Å². The lowest BCUT2D eigenvalue weighted by atomic mass is 9.35. The second-order valence-corrected chi connectivity index (χ2v) is 12.4. The highest BCUT2D eigenvalue weighted by molar-refractivity contribution is 6.99. The predicted molar refractivity (Wildman–Crippen MR) is 168 cm³/mol. The van der Waals surface area contributed by atoms with Gasteiger partial charge in [-0.15, -0.1) is 0 Å². The molecule has 4 aromatic carbocycles. The number of nitrogens with zero attached hydrogens (tertiary/aromatic N) is 2. The van der Waals surface area contributed by atoms with Crippen LogP contribution in [0.3, 0.4) is 0 Å². The van der Waals surface area contributed by atoms with E-state index in [2.05, 4.69) is 128 Å². The van der Waals surface area contributed by atoms with Gasteiger partial charge in [-0.05, 0) is 83.6 Å². The molecule has 1 aliphatic carbocycles. The van der Waals surface area contributed by atoms with Gasteiger partial charge in [-0.2, -0.15) is 0 Å². The van der Waals surface area contributed by atoms with Crippen LogP contribution in [-0.2, 0) is 18.3 Å². The fraction of sp³-hybridized carbons (Fsp3) is 0.222. The van der Waals surface area contributed by atoms with Crippen LogP contribution in [0.5, 0.6) is 0 Å². The number of para-hydroxylation sites is 3. The molecule has 4 heteroatoms. The maximum Gasteiger partial charge on any atom is 0.297 e. The number of fused-ring (bicyclic) bond motifs is 6. The zero-order chi connectivity index (χ0) is 27.0. The van der Waals surface area contributed by atoms with Crippen molar-refractivity contribution in [1.29, 1.82) is 0 Å². The third-order valence-corrected chi connectivity index (χ3v) is 8.95. The molecule has 0 saturated carbocycles. The van der Waals surface area contributed by atoms with Gasteiger partial charge >= 0.3 is 0 Å². The summed E-state index contributed by atoms with van der Waals surface area (Å²) in [5.41, 5.74) is 13.9. The number of aryl methyl sites for hydroxylation is 1. The van der Waals surface area contributed by atoms with Crippen LogP contribution in [0.1, 0.15) is 50.5 Å². The molecule has 0 N–H and O–H groups in total. The van der Waals surface area contributed by atoms with E-state index in [9.17, 15) is 0 Å². The first-order chi connectivity index (χ1) is 19.5. The summed E-state index contributed by atoms with van der Waals surface area (Å²) in [7, 11) is 0.